The summed E-state index contributed by atoms with van der Waals surface area (Å²) < 4.78 is 5.77. The molecule has 0 radical (unpaired) electrons. The van der Waals surface area contributed by atoms with E-state index in [0.717, 1.165) is 60.9 Å². The van der Waals surface area contributed by atoms with Gasteiger partial charge in [0.25, 0.3) is 0 Å². The van der Waals surface area contributed by atoms with Gasteiger partial charge in [0, 0.05) is 53.9 Å². The molecular weight excluding hydrogens is 626 g/mol. The molecule has 1 atom stereocenters. The molecule has 11 heteroatoms. The predicted molar refractivity (Wildman–Crippen MR) is 192 cm³/mol. The number of pyridine rings is 1. The van der Waals surface area contributed by atoms with Crippen LogP contribution in [0.3, 0.4) is 0 Å². The molecule has 1 aliphatic carbocycles. The molecule has 0 bridgehead atoms. The smallest absolute Gasteiger partial charge is 0.228 e. The van der Waals surface area contributed by atoms with Crippen LogP contribution in [0.1, 0.15) is 51.5 Å². The van der Waals surface area contributed by atoms with Crippen LogP contribution in [0.25, 0.3) is 22.5 Å². The first-order valence-electron chi connectivity index (χ1n) is 16.3. The monoisotopic (exact) mass is 673 g/mol. The molecule has 0 aliphatic heterocycles. The fourth-order valence-electron chi connectivity index (χ4n) is 6.02. The summed E-state index contributed by atoms with van der Waals surface area (Å²) >= 11 is 5.87. The van der Waals surface area contributed by atoms with Crippen LogP contribution in [0.4, 0.5) is 5.69 Å². The van der Waals surface area contributed by atoms with Gasteiger partial charge in [-0.3, -0.25) is 9.59 Å². The van der Waals surface area contributed by atoms with Gasteiger partial charge in [-0.2, -0.15) is 10.1 Å². The molecule has 10 nitrogen and oxygen atoms in total. The Labute approximate surface area is 288 Å². The van der Waals surface area contributed by atoms with Gasteiger partial charge in [0.2, 0.25) is 17.1 Å². The van der Waals surface area contributed by atoms with Crippen molar-refractivity contribution in [3.05, 3.63) is 77.7 Å². The van der Waals surface area contributed by atoms with E-state index in [-0.39, 0.29) is 36.7 Å². The Morgan fingerprint density at radius 3 is 2.29 bits per heavy atom. The molecule has 1 amide bonds. The van der Waals surface area contributed by atoms with E-state index in [1.54, 1.807) is 12.1 Å². The lowest BCUT2D eigenvalue weighted by Gasteiger charge is -2.27. The van der Waals surface area contributed by atoms with Crippen molar-refractivity contribution in [2.45, 2.75) is 52.4 Å². The summed E-state index contributed by atoms with van der Waals surface area (Å²) in [5.41, 5.74) is 10.2. The van der Waals surface area contributed by atoms with Gasteiger partial charge in [-0.15, -0.1) is 0 Å². The maximum atomic E-state index is 13.7. The van der Waals surface area contributed by atoms with Crippen molar-refractivity contribution in [3.8, 4) is 28.4 Å². The Hall–Kier alpha value is -4.12. The molecule has 1 saturated carbocycles. The number of nitrogens with two attached hydrogens (primary N) is 1. The summed E-state index contributed by atoms with van der Waals surface area (Å²) in [6, 6.07) is 19.2. The molecule has 4 aromatic rings. The number of halogens is 1. The lowest BCUT2D eigenvalue weighted by Crippen LogP contribution is -2.31. The number of Topliss-reactive ketones (excluding diaryl/α,β-unsaturated/α-hetero) is 1. The molecule has 48 heavy (non-hydrogen) atoms. The fraction of sp³-hybridized carbons (Fsp3) is 0.432. The van der Waals surface area contributed by atoms with Crippen molar-refractivity contribution in [2.24, 2.45) is 23.5 Å². The zero-order valence-corrected chi connectivity index (χ0v) is 27.9. The van der Waals surface area contributed by atoms with Crippen molar-refractivity contribution in [1.29, 1.82) is 0 Å². The summed E-state index contributed by atoms with van der Waals surface area (Å²) in [5, 5.41) is 9.93. The number of hydrogen-bond acceptors (Lipinski definition) is 8. The summed E-state index contributed by atoms with van der Waals surface area (Å²) in [7, 11) is 4.09. The second-order valence-corrected chi connectivity index (χ2v) is 13.0. The van der Waals surface area contributed by atoms with E-state index in [4.69, 9.17) is 22.1 Å². The number of ketones is 1. The van der Waals surface area contributed by atoms with Crippen LogP contribution in [0.2, 0.25) is 5.28 Å². The Bertz CT molecular complexity index is 1580. The molecule has 5 rings (SSSR count). The van der Waals surface area contributed by atoms with E-state index >= 15 is 0 Å². The number of carbonyl (C=O) groups is 2. The third-order valence-electron chi connectivity index (χ3n) is 8.83. The van der Waals surface area contributed by atoms with E-state index in [1.165, 1.54) is 0 Å². The maximum absolute atomic E-state index is 13.7. The summed E-state index contributed by atoms with van der Waals surface area (Å²) in [4.78, 5) is 37.9. The second-order valence-electron chi connectivity index (χ2n) is 12.6. The Balaban J connectivity index is 0.00000520. The molecule has 2 aromatic heterocycles. The number of benzene rings is 2. The van der Waals surface area contributed by atoms with E-state index in [9.17, 15) is 9.59 Å². The van der Waals surface area contributed by atoms with Crippen LogP contribution in [-0.2, 0) is 16.0 Å². The Morgan fingerprint density at radius 2 is 1.69 bits per heavy atom. The number of nitrogens with one attached hydrogen (secondary N) is 2. The quantitative estimate of drug-likeness (QED) is 0.119. The van der Waals surface area contributed by atoms with Crippen molar-refractivity contribution < 1.29 is 14.3 Å². The zero-order chi connectivity index (χ0) is 33.2. The minimum Gasteiger partial charge on any atom is -0.478 e. The van der Waals surface area contributed by atoms with Gasteiger partial charge in [-0.25, -0.2) is 10.1 Å². The first-order chi connectivity index (χ1) is 22.8. The molecule has 1 aliphatic rings. The van der Waals surface area contributed by atoms with E-state index in [2.05, 4.69) is 30.4 Å². The highest BCUT2D eigenvalue weighted by atomic mass is 35.5. The predicted octanol–water partition coefficient (Wildman–Crippen LogP) is 6.68. The number of amides is 1. The summed E-state index contributed by atoms with van der Waals surface area (Å²) in [6.45, 7) is 2.24. The fourth-order valence-corrected chi connectivity index (χ4v) is 6.14. The molecule has 4 N–H and O–H groups in total. The van der Waals surface area contributed by atoms with Crippen LogP contribution in [-0.4, -0.2) is 70.5 Å². The van der Waals surface area contributed by atoms with Gasteiger partial charge in [-0.1, -0.05) is 31.7 Å². The highest BCUT2D eigenvalue weighted by molar-refractivity contribution is 6.28. The third kappa shape index (κ3) is 10.4. The SMILES string of the molecule is C.CN(C)CCCOc1ccc(-c2ccc(C[C@H](CC(=O)C3CCC(CN)CC3)C(=O)Nc3ccc(-c4n[nH]c(Cl)n4)cc3)cc2)cn1. The standard InChI is InChI=1S/C36H44ClN7O3.CH4/c1-44(2)18-3-19-47-33-17-14-29(23-39-33)26-8-4-24(5-9-26)20-30(21-32(45)27-10-6-25(22-38)7-11-27)35(46)40-31-15-12-28(13-16-31)34-41-36(37)43-42-34;/h4-5,8-9,12-17,23,25,27,30H,3,6-7,10-11,18-22,38H2,1-2H3,(H,40,46)(H,41,42,43);1H4/t25?,27?,30-;/m1./s1. The minimum absolute atomic E-state index is 0. The molecular formula is C37H48ClN7O3. The number of hydrogen-bond donors (Lipinski definition) is 3. The number of anilines is 1. The average Bonchev–Trinajstić information content (AvgIpc) is 3.53. The van der Waals surface area contributed by atoms with E-state index in [0.29, 0.717) is 42.9 Å². The number of aromatic amines is 1. The van der Waals surface area contributed by atoms with Crippen molar-refractivity contribution in [1.82, 2.24) is 25.1 Å². The van der Waals surface area contributed by atoms with Gasteiger partial charge >= 0.3 is 0 Å². The number of aromatic nitrogens is 4. The number of ether oxygens (including phenoxy) is 1. The zero-order valence-electron chi connectivity index (χ0n) is 27.1. The van der Waals surface area contributed by atoms with Gasteiger partial charge in [0.05, 0.1) is 6.61 Å². The molecule has 2 heterocycles. The van der Waals surface area contributed by atoms with E-state index in [1.807, 2.05) is 68.8 Å². The third-order valence-corrected chi connectivity index (χ3v) is 9.00. The van der Waals surface area contributed by atoms with Crippen LogP contribution in [0.15, 0.2) is 66.9 Å². The molecule has 256 valence electrons. The van der Waals surface area contributed by atoms with Gasteiger partial charge in [-0.05, 0) is 118 Å². The Morgan fingerprint density at radius 1 is 1.00 bits per heavy atom. The number of nitrogens with zero attached hydrogens (tertiary/aromatic N) is 4. The van der Waals surface area contributed by atoms with Gasteiger partial charge in [0.15, 0.2) is 5.82 Å². The number of carbonyl (C=O) groups excluding carboxylic acids is 2. The molecule has 1 fully saturated rings. The lowest BCUT2D eigenvalue weighted by molar-refractivity contribution is -0.129. The average molecular weight is 674 g/mol. The number of H-pyrrole nitrogens is 1. The van der Waals surface area contributed by atoms with Crippen molar-refractivity contribution >= 4 is 29.0 Å². The van der Waals surface area contributed by atoms with Crippen molar-refractivity contribution in [3.63, 3.8) is 0 Å². The highest BCUT2D eigenvalue weighted by Crippen LogP contribution is 2.31. The second kappa shape index (κ2) is 17.9. The van der Waals surface area contributed by atoms with E-state index < -0.39 is 5.92 Å². The van der Waals surface area contributed by atoms with Gasteiger partial charge < -0.3 is 20.7 Å². The summed E-state index contributed by atoms with van der Waals surface area (Å²) in [6.07, 6.45) is 6.99. The van der Waals surface area contributed by atoms with Crippen LogP contribution >= 0.6 is 11.6 Å². The summed E-state index contributed by atoms with van der Waals surface area (Å²) in [5.74, 6) is 1.00. The van der Waals surface area contributed by atoms with Gasteiger partial charge in [0.1, 0.15) is 5.78 Å². The van der Waals surface area contributed by atoms with Crippen molar-refractivity contribution in [2.75, 3.05) is 39.1 Å². The largest absolute Gasteiger partial charge is 0.478 e. The molecule has 0 spiro atoms. The molecule has 2 aromatic carbocycles. The number of rotatable bonds is 15. The van der Waals surface area contributed by atoms with Crippen LogP contribution in [0, 0.1) is 17.8 Å². The Kier molecular flexibility index (Phi) is 13.7. The first-order valence-corrected chi connectivity index (χ1v) is 16.7. The van der Waals surface area contributed by atoms with Crippen LogP contribution in [0.5, 0.6) is 5.88 Å². The lowest BCUT2D eigenvalue weighted by atomic mass is 9.77. The minimum atomic E-state index is -0.516. The van der Waals surface area contributed by atoms with Crippen LogP contribution < -0.4 is 15.8 Å². The first kappa shape index (κ1) is 36.7. The molecule has 0 unspecified atom stereocenters. The highest BCUT2D eigenvalue weighted by Gasteiger charge is 2.30. The topological polar surface area (TPSA) is 139 Å². The molecule has 0 saturated heterocycles. The normalized spacial score (nSPS) is 16.6. The maximum Gasteiger partial charge on any atom is 0.228 e.